The molecule has 0 spiro atoms. The number of hydrogen-bond donors (Lipinski definition) is 2. The number of nitrogens with one attached hydrogen (secondary N) is 1. The van der Waals surface area contributed by atoms with Crippen molar-refractivity contribution in [1.82, 2.24) is 4.98 Å². The van der Waals surface area contributed by atoms with Crippen molar-refractivity contribution in [2.24, 2.45) is 0 Å². The van der Waals surface area contributed by atoms with E-state index in [-0.39, 0.29) is 6.42 Å². The lowest BCUT2D eigenvalue weighted by Gasteiger charge is -1.87. The van der Waals surface area contributed by atoms with E-state index in [9.17, 15) is 4.79 Å². The van der Waals surface area contributed by atoms with Crippen LogP contribution in [0.1, 0.15) is 11.5 Å². The first kappa shape index (κ1) is 8.58. The lowest BCUT2D eigenvalue weighted by molar-refractivity contribution is -0.136. The van der Waals surface area contributed by atoms with Crippen LogP contribution >= 0.6 is 0 Å². The molecule has 0 aliphatic heterocycles. The average Bonchev–Trinajstić information content (AvgIpc) is 2.31. The van der Waals surface area contributed by atoms with Crippen molar-refractivity contribution in [2.75, 3.05) is 12.4 Å². The maximum absolute atomic E-state index is 10.3. The Labute approximate surface area is 69.4 Å². The van der Waals surface area contributed by atoms with E-state index in [4.69, 9.17) is 9.52 Å². The topological polar surface area (TPSA) is 75.4 Å². The highest BCUT2D eigenvalue weighted by Crippen LogP contribution is 2.13. The Bertz CT molecular complexity index is 293. The van der Waals surface area contributed by atoms with Crippen molar-refractivity contribution in [3.63, 3.8) is 0 Å². The van der Waals surface area contributed by atoms with Crippen LogP contribution in [0.5, 0.6) is 0 Å². The summed E-state index contributed by atoms with van der Waals surface area (Å²) < 4.78 is 5.08. The predicted octanol–water partition coefficient (Wildman–Crippen LogP) is 0.652. The summed E-state index contributed by atoms with van der Waals surface area (Å²) in [5.41, 5.74) is 0.465. The van der Waals surface area contributed by atoms with Gasteiger partial charge in [-0.3, -0.25) is 4.79 Å². The van der Waals surface area contributed by atoms with Crippen LogP contribution in [0.25, 0.3) is 0 Å². The summed E-state index contributed by atoms with van der Waals surface area (Å²) >= 11 is 0. The number of carboxylic acid groups (broad SMARTS) is 1. The number of carbonyl (C=O) groups is 1. The minimum absolute atomic E-state index is 0.100. The lowest BCUT2D eigenvalue weighted by Crippen LogP contribution is -2.01. The van der Waals surface area contributed by atoms with Crippen LogP contribution in [-0.4, -0.2) is 23.1 Å². The molecule has 0 radical (unpaired) electrons. The number of nitrogens with zero attached hydrogens (tertiary/aromatic N) is 1. The summed E-state index contributed by atoms with van der Waals surface area (Å²) in [6, 6.07) is 0.351. The van der Waals surface area contributed by atoms with Gasteiger partial charge < -0.3 is 14.8 Å². The Morgan fingerprint density at radius 1 is 1.75 bits per heavy atom. The van der Waals surface area contributed by atoms with Crippen LogP contribution in [0.2, 0.25) is 0 Å². The van der Waals surface area contributed by atoms with Crippen LogP contribution in [0.4, 0.5) is 6.01 Å². The molecule has 0 aliphatic rings. The van der Waals surface area contributed by atoms with Gasteiger partial charge in [0.05, 0.1) is 12.1 Å². The van der Waals surface area contributed by atoms with Gasteiger partial charge in [0, 0.05) is 7.05 Å². The molecule has 0 unspecified atom stereocenters. The highest BCUT2D eigenvalue weighted by molar-refractivity contribution is 5.69. The van der Waals surface area contributed by atoms with E-state index in [2.05, 4.69) is 10.3 Å². The first-order valence-electron chi connectivity index (χ1n) is 3.49. The zero-order valence-corrected chi connectivity index (χ0v) is 6.92. The smallest absolute Gasteiger partial charge is 0.309 e. The van der Waals surface area contributed by atoms with Crippen LogP contribution in [0.3, 0.4) is 0 Å². The number of rotatable bonds is 3. The second kappa shape index (κ2) is 3.25. The Hall–Kier alpha value is -1.52. The Morgan fingerprint density at radius 3 is 2.83 bits per heavy atom. The molecule has 0 aliphatic carbocycles. The van der Waals surface area contributed by atoms with Gasteiger partial charge in [-0.25, -0.2) is 0 Å². The van der Waals surface area contributed by atoms with Crippen molar-refractivity contribution >= 4 is 12.0 Å². The summed E-state index contributed by atoms with van der Waals surface area (Å²) in [6.07, 6.45) is -0.100. The van der Waals surface area contributed by atoms with E-state index in [1.54, 1.807) is 14.0 Å². The Kier molecular flexibility index (Phi) is 2.32. The molecular weight excluding hydrogens is 160 g/mol. The normalized spacial score (nSPS) is 9.83. The highest BCUT2D eigenvalue weighted by atomic mass is 16.4. The molecule has 66 valence electrons. The van der Waals surface area contributed by atoms with Gasteiger partial charge in [-0.05, 0) is 6.92 Å². The number of oxazole rings is 1. The molecule has 2 N–H and O–H groups in total. The monoisotopic (exact) mass is 170 g/mol. The van der Waals surface area contributed by atoms with Crippen molar-refractivity contribution < 1.29 is 14.3 Å². The molecule has 1 heterocycles. The molecule has 0 saturated heterocycles. The van der Waals surface area contributed by atoms with Gasteiger partial charge in [0.2, 0.25) is 0 Å². The number of aliphatic carboxylic acids is 1. The molecule has 5 nitrogen and oxygen atoms in total. The molecule has 1 aromatic heterocycles. The second-order valence-corrected chi connectivity index (χ2v) is 2.34. The number of anilines is 1. The molecule has 5 heteroatoms. The summed E-state index contributed by atoms with van der Waals surface area (Å²) in [7, 11) is 1.66. The molecule has 0 aromatic carbocycles. The quantitative estimate of drug-likeness (QED) is 0.696. The average molecular weight is 170 g/mol. The molecule has 0 bridgehead atoms. The van der Waals surface area contributed by atoms with Crippen LogP contribution < -0.4 is 5.32 Å². The molecule has 0 fully saturated rings. The van der Waals surface area contributed by atoms with E-state index in [1.165, 1.54) is 0 Å². The summed E-state index contributed by atoms with van der Waals surface area (Å²) in [6.45, 7) is 1.69. The van der Waals surface area contributed by atoms with Crippen molar-refractivity contribution in [1.29, 1.82) is 0 Å². The van der Waals surface area contributed by atoms with Crippen molar-refractivity contribution in [2.45, 2.75) is 13.3 Å². The predicted molar refractivity (Wildman–Crippen MR) is 42.1 cm³/mol. The first-order valence-corrected chi connectivity index (χ1v) is 3.49. The van der Waals surface area contributed by atoms with Gasteiger partial charge in [0.15, 0.2) is 0 Å². The van der Waals surface area contributed by atoms with Crippen LogP contribution in [-0.2, 0) is 11.2 Å². The third-order valence-electron chi connectivity index (χ3n) is 1.43. The first-order chi connectivity index (χ1) is 5.63. The fraction of sp³-hybridized carbons (Fsp3) is 0.429. The minimum atomic E-state index is -0.908. The molecule has 1 rings (SSSR count). The van der Waals surface area contributed by atoms with Gasteiger partial charge >= 0.3 is 5.97 Å². The maximum Gasteiger partial charge on any atom is 0.309 e. The second-order valence-electron chi connectivity index (χ2n) is 2.34. The lowest BCUT2D eigenvalue weighted by atomic mass is 10.3. The minimum Gasteiger partial charge on any atom is -0.481 e. The highest BCUT2D eigenvalue weighted by Gasteiger charge is 2.11. The molecular formula is C7H10N2O3. The van der Waals surface area contributed by atoms with Gasteiger partial charge in [0.1, 0.15) is 5.76 Å². The molecule has 1 aromatic rings. The standard InChI is InChI=1S/C7H10N2O3/c1-4-5(3-6(10)11)9-7(8-2)12-4/h3H2,1-2H3,(H,8,9)(H,10,11). The molecule has 12 heavy (non-hydrogen) atoms. The zero-order chi connectivity index (χ0) is 9.14. The summed E-state index contributed by atoms with van der Waals surface area (Å²) in [4.78, 5) is 14.2. The van der Waals surface area contributed by atoms with Crippen LogP contribution in [0, 0.1) is 6.92 Å². The van der Waals surface area contributed by atoms with Gasteiger partial charge in [-0.1, -0.05) is 0 Å². The van der Waals surface area contributed by atoms with Gasteiger partial charge in [0.25, 0.3) is 6.01 Å². The fourth-order valence-corrected chi connectivity index (χ4v) is 0.842. The third kappa shape index (κ3) is 1.75. The largest absolute Gasteiger partial charge is 0.481 e. The van der Waals surface area contributed by atoms with Gasteiger partial charge in [-0.15, -0.1) is 0 Å². The van der Waals surface area contributed by atoms with Crippen molar-refractivity contribution in [3.8, 4) is 0 Å². The summed E-state index contributed by atoms with van der Waals surface area (Å²) in [5.74, 6) is -0.365. The van der Waals surface area contributed by atoms with E-state index in [1.807, 2.05) is 0 Å². The molecule has 0 saturated carbocycles. The molecule has 0 amide bonds. The fourth-order valence-electron chi connectivity index (χ4n) is 0.842. The van der Waals surface area contributed by atoms with Crippen molar-refractivity contribution in [3.05, 3.63) is 11.5 Å². The number of aromatic nitrogens is 1. The van der Waals surface area contributed by atoms with Crippen LogP contribution in [0.15, 0.2) is 4.42 Å². The zero-order valence-electron chi connectivity index (χ0n) is 6.92. The molecule has 0 atom stereocenters. The van der Waals surface area contributed by atoms with E-state index >= 15 is 0 Å². The SMILES string of the molecule is CNc1nc(CC(=O)O)c(C)o1. The Balaban J connectivity index is 2.84. The summed E-state index contributed by atoms with van der Waals surface area (Å²) in [5, 5.41) is 11.2. The Morgan fingerprint density at radius 2 is 2.42 bits per heavy atom. The van der Waals surface area contributed by atoms with E-state index in [0.29, 0.717) is 17.5 Å². The number of aryl methyl sites for hydroxylation is 1. The third-order valence-corrected chi connectivity index (χ3v) is 1.43. The number of hydrogen-bond acceptors (Lipinski definition) is 4. The maximum atomic E-state index is 10.3. The van der Waals surface area contributed by atoms with E-state index < -0.39 is 5.97 Å². The van der Waals surface area contributed by atoms with Gasteiger partial charge in [-0.2, -0.15) is 4.98 Å². The number of carboxylic acids is 1. The van der Waals surface area contributed by atoms with E-state index in [0.717, 1.165) is 0 Å².